The van der Waals surface area contributed by atoms with E-state index < -0.39 is 29.7 Å². The average Bonchev–Trinajstić information content (AvgIpc) is 3.54. The fraction of sp³-hybridized carbons (Fsp3) is 0.436. The van der Waals surface area contributed by atoms with E-state index in [0.29, 0.717) is 50.9 Å². The first-order valence-electron chi connectivity index (χ1n) is 17.9. The molecule has 2 aliphatic rings. The average molecular weight is 735 g/mol. The summed E-state index contributed by atoms with van der Waals surface area (Å²) in [5.41, 5.74) is 1.13. The Balaban J connectivity index is 1.08. The largest absolute Gasteiger partial charge is 0.486 e. The van der Waals surface area contributed by atoms with Crippen molar-refractivity contribution < 1.29 is 47.4 Å². The minimum Gasteiger partial charge on any atom is -0.486 e. The van der Waals surface area contributed by atoms with E-state index in [9.17, 15) is 19.2 Å². The van der Waals surface area contributed by atoms with E-state index in [-0.39, 0.29) is 63.5 Å². The number of amides is 3. The van der Waals surface area contributed by atoms with Crippen LogP contribution < -0.4 is 20.3 Å². The number of nitrogens with zero attached hydrogens (tertiary/aromatic N) is 2. The Morgan fingerprint density at radius 2 is 1.66 bits per heavy atom. The van der Waals surface area contributed by atoms with Crippen molar-refractivity contribution in [3.05, 3.63) is 95.8 Å². The van der Waals surface area contributed by atoms with Crippen LogP contribution in [0.1, 0.15) is 56.6 Å². The van der Waals surface area contributed by atoms with Gasteiger partial charge in [-0.2, -0.15) is 5.06 Å². The summed E-state index contributed by atoms with van der Waals surface area (Å²) in [7, 11) is 0. The summed E-state index contributed by atoms with van der Waals surface area (Å²) in [6.45, 7) is 3.46. The van der Waals surface area contributed by atoms with E-state index in [1.165, 1.54) is 29.0 Å². The van der Waals surface area contributed by atoms with E-state index >= 15 is 4.39 Å². The van der Waals surface area contributed by atoms with Gasteiger partial charge in [0, 0.05) is 32.3 Å². The number of halogens is 1. The summed E-state index contributed by atoms with van der Waals surface area (Å²) in [6, 6.07) is 23.1. The van der Waals surface area contributed by atoms with Crippen LogP contribution in [0.5, 0.6) is 5.75 Å². The molecule has 3 amide bonds. The molecule has 0 spiro atoms. The summed E-state index contributed by atoms with van der Waals surface area (Å²) in [5, 5.41) is 7.09. The highest BCUT2D eigenvalue weighted by Crippen LogP contribution is 2.30. The number of hydrogen-bond donors (Lipinski definition) is 2. The van der Waals surface area contributed by atoms with Gasteiger partial charge in [-0.25, -0.2) is 14.0 Å². The fourth-order valence-electron chi connectivity index (χ4n) is 5.96. The van der Waals surface area contributed by atoms with Gasteiger partial charge < -0.3 is 29.6 Å². The number of benzene rings is 3. The van der Waals surface area contributed by atoms with Crippen LogP contribution in [0, 0.1) is 5.82 Å². The molecule has 2 aliphatic heterocycles. The Kier molecular flexibility index (Phi) is 14.4. The number of piperidine rings is 1. The van der Waals surface area contributed by atoms with Gasteiger partial charge in [0.1, 0.15) is 31.5 Å². The van der Waals surface area contributed by atoms with Crippen molar-refractivity contribution in [2.75, 3.05) is 44.2 Å². The molecule has 13 nitrogen and oxygen atoms in total. The zero-order chi connectivity index (χ0) is 37.5. The predicted molar refractivity (Wildman–Crippen MR) is 192 cm³/mol. The molecule has 0 unspecified atom stereocenters. The topological polar surface area (TPSA) is 145 Å². The van der Waals surface area contributed by atoms with Gasteiger partial charge in [-0.15, -0.1) is 0 Å². The molecule has 5 rings (SSSR count). The number of carbonyl (C=O) groups is 4. The Bertz CT molecular complexity index is 1660. The molecular formula is C39H47FN4O9. The highest BCUT2D eigenvalue weighted by Gasteiger charge is 2.38. The number of carbonyl (C=O) groups excluding carboxylic acids is 4. The number of rotatable bonds is 18. The Hall–Kier alpha value is -5.21. The van der Waals surface area contributed by atoms with Crippen LogP contribution in [0.3, 0.4) is 0 Å². The standard InChI is InChI=1S/C39H47FN4O9/c1-29(45)42-24-33-25-43(37(47)52-33)32-16-17-35(34(40)23-32)50-28-39(18-20-41-21-19-39)53-36(46)15-9-4-10-22-44(51-27-31-13-7-3-8-14-31)38(48)49-26-30-11-5-2-6-12-30/h2-3,5-8,11-14,16-17,23,33,41H,4,9-10,15,18-22,24-28H2,1H3,(H,42,45)/t33-/m0/s1. The number of nitrogens with one attached hydrogen (secondary N) is 2. The molecular weight excluding hydrogens is 687 g/mol. The van der Waals surface area contributed by atoms with Crippen molar-refractivity contribution in [2.45, 2.75) is 70.4 Å². The minimum absolute atomic E-state index is 0.0357. The lowest BCUT2D eigenvalue weighted by molar-refractivity contribution is -0.167. The molecule has 0 aliphatic carbocycles. The second-order valence-electron chi connectivity index (χ2n) is 13.1. The molecule has 3 aromatic rings. The second kappa shape index (κ2) is 19.6. The third kappa shape index (κ3) is 12.2. The lowest BCUT2D eigenvalue weighted by Gasteiger charge is -2.36. The van der Waals surface area contributed by atoms with Crippen LogP contribution >= 0.6 is 0 Å². The van der Waals surface area contributed by atoms with Gasteiger partial charge in [-0.05, 0) is 49.2 Å². The lowest BCUT2D eigenvalue weighted by atomic mass is 9.93. The van der Waals surface area contributed by atoms with Gasteiger partial charge in [0.15, 0.2) is 11.6 Å². The molecule has 0 bridgehead atoms. The Morgan fingerprint density at radius 1 is 0.962 bits per heavy atom. The normalized spacial score (nSPS) is 16.4. The highest BCUT2D eigenvalue weighted by atomic mass is 19.1. The molecule has 14 heteroatoms. The Labute approximate surface area is 308 Å². The van der Waals surface area contributed by atoms with E-state index in [1.807, 2.05) is 60.7 Å². The second-order valence-corrected chi connectivity index (χ2v) is 13.1. The maximum atomic E-state index is 15.2. The lowest BCUT2D eigenvalue weighted by Crippen LogP contribution is -2.49. The molecule has 0 aromatic heterocycles. The molecule has 2 heterocycles. The van der Waals surface area contributed by atoms with Crippen molar-refractivity contribution >= 4 is 29.8 Å². The third-order valence-corrected chi connectivity index (χ3v) is 8.90. The monoisotopic (exact) mass is 734 g/mol. The molecule has 2 N–H and O–H groups in total. The van der Waals surface area contributed by atoms with E-state index in [4.69, 9.17) is 23.8 Å². The van der Waals surface area contributed by atoms with Crippen LogP contribution in [0.25, 0.3) is 0 Å². The van der Waals surface area contributed by atoms with E-state index in [2.05, 4.69) is 10.6 Å². The van der Waals surface area contributed by atoms with Crippen LogP contribution in [-0.4, -0.2) is 80.2 Å². The number of hydroxylamine groups is 2. The minimum atomic E-state index is -0.937. The summed E-state index contributed by atoms with van der Waals surface area (Å²) < 4.78 is 37.9. The molecule has 3 aromatic carbocycles. The first kappa shape index (κ1) is 39.0. The first-order chi connectivity index (χ1) is 25.7. The molecule has 2 saturated heterocycles. The summed E-state index contributed by atoms with van der Waals surface area (Å²) in [6.07, 6.45) is 1.10. The number of unbranched alkanes of at least 4 members (excludes halogenated alkanes) is 2. The molecule has 0 radical (unpaired) electrons. The molecule has 1 atom stereocenters. The quantitative estimate of drug-likeness (QED) is 0.0727. The maximum Gasteiger partial charge on any atom is 0.434 e. The summed E-state index contributed by atoms with van der Waals surface area (Å²) in [5.74, 6) is -1.34. The van der Waals surface area contributed by atoms with Gasteiger partial charge in [-0.1, -0.05) is 67.1 Å². The van der Waals surface area contributed by atoms with Crippen LogP contribution in [0.2, 0.25) is 0 Å². The predicted octanol–water partition coefficient (Wildman–Crippen LogP) is 5.66. The van der Waals surface area contributed by atoms with Gasteiger partial charge in [0.2, 0.25) is 5.91 Å². The van der Waals surface area contributed by atoms with Crippen LogP contribution in [-0.2, 0) is 41.9 Å². The van der Waals surface area contributed by atoms with Crippen molar-refractivity contribution in [3.8, 4) is 5.75 Å². The highest BCUT2D eigenvalue weighted by molar-refractivity contribution is 5.90. The molecule has 284 valence electrons. The van der Waals surface area contributed by atoms with Crippen molar-refractivity contribution in [2.24, 2.45) is 0 Å². The van der Waals surface area contributed by atoms with Crippen LogP contribution in [0.15, 0.2) is 78.9 Å². The summed E-state index contributed by atoms with van der Waals surface area (Å²) in [4.78, 5) is 56.7. The van der Waals surface area contributed by atoms with Crippen molar-refractivity contribution in [1.29, 1.82) is 0 Å². The van der Waals surface area contributed by atoms with E-state index in [0.717, 1.165) is 11.1 Å². The van der Waals surface area contributed by atoms with Crippen molar-refractivity contribution in [3.63, 3.8) is 0 Å². The number of hydrogen-bond acceptors (Lipinski definition) is 10. The molecule has 53 heavy (non-hydrogen) atoms. The smallest absolute Gasteiger partial charge is 0.434 e. The molecule has 0 saturated carbocycles. The van der Waals surface area contributed by atoms with E-state index in [1.54, 1.807) is 6.07 Å². The number of ether oxygens (including phenoxy) is 4. The van der Waals surface area contributed by atoms with Crippen LogP contribution in [0.4, 0.5) is 19.7 Å². The number of cyclic esters (lactones) is 1. The van der Waals surface area contributed by atoms with Gasteiger partial charge in [-0.3, -0.25) is 19.3 Å². The van der Waals surface area contributed by atoms with Gasteiger partial charge in [0.05, 0.1) is 25.3 Å². The summed E-state index contributed by atoms with van der Waals surface area (Å²) >= 11 is 0. The third-order valence-electron chi connectivity index (χ3n) is 8.90. The SMILES string of the molecule is CC(=O)NC[C@H]1CN(c2ccc(OCC3(OC(=O)CCCCCN(OCc4ccccc4)C(=O)OCc4ccccc4)CCNCC3)c(F)c2)C(=O)O1. The fourth-order valence-corrected chi connectivity index (χ4v) is 5.96. The maximum absolute atomic E-state index is 15.2. The van der Waals surface area contributed by atoms with Gasteiger partial charge in [0.25, 0.3) is 0 Å². The number of anilines is 1. The van der Waals surface area contributed by atoms with Gasteiger partial charge >= 0.3 is 18.2 Å². The van der Waals surface area contributed by atoms with Crippen molar-refractivity contribution in [1.82, 2.24) is 15.7 Å². The molecule has 2 fully saturated rings. The zero-order valence-corrected chi connectivity index (χ0v) is 29.9. The zero-order valence-electron chi connectivity index (χ0n) is 29.9. The first-order valence-corrected chi connectivity index (χ1v) is 17.9. The number of esters is 1. The Morgan fingerprint density at radius 3 is 2.34 bits per heavy atom.